The number of hydrogen-bond donors (Lipinski definition) is 0. The highest BCUT2D eigenvalue weighted by molar-refractivity contribution is 6.01. The van der Waals surface area contributed by atoms with Crippen LogP contribution >= 0.6 is 0 Å². The van der Waals surface area contributed by atoms with E-state index in [1.165, 1.54) is 12.8 Å². The second-order valence-corrected chi connectivity index (χ2v) is 8.38. The summed E-state index contributed by atoms with van der Waals surface area (Å²) in [6, 6.07) is 18.2. The summed E-state index contributed by atoms with van der Waals surface area (Å²) in [5, 5.41) is 0. The molecule has 1 amide bonds. The van der Waals surface area contributed by atoms with Gasteiger partial charge in [-0.2, -0.15) is 0 Å². The normalized spacial score (nSPS) is 19.3. The van der Waals surface area contributed by atoms with Crippen molar-refractivity contribution in [2.75, 3.05) is 13.1 Å². The average molecular weight is 386 g/mol. The summed E-state index contributed by atoms with van der Waals surface area (Å²) in [6.45, 7) is 2.65. The molecule has 0 unspecified atom stereocenters. The van der Waals surface area contributed by atoms with Crippen molar-refractivity contribution >= 4 is 5.91 Å². The fourth-order valence-corrected chi connectivity index (χ4v) is 4.50. The summed E-state index contributed by atoms with van der Waals surface area (Å²) in [5.41, 5.74) is 2.89. The molecule has 29 heavy (non-hydrogen) atoms. The summed E-state index contributed by atoms with van der Waals surface area (Å²) >= 11 is 0. The minimum absolute atomic E-state index is 0.134. The zero-order valence-corrected chi connectivity index (χ0v) is 16.7. The van der Waals surface area contributed by atoms with Crippen molar-refractivity contribution in [1.29, 1.82) is 0 Å². The lowest BCUT2D eigenvalue weighted by Gasteiger charge is -2.33. The van der Waals surface area contributed by atoms with Gasteiger partial charge in [-0.05, 0) is 48.8 Å². The topological polar surface area (TPSA) is 38.1 Å². The van der Waals surface area contributed by atoms with Crippen LogP contribution in [0.4, 0.5) is 0 Å². The van der Waals surface area contributed by atoms with Crippen LogP contribution in [-0.4, -0.2) is 33.4 Å². The zero-order valence-electron chi connectivity index (χ0n) is 16.7. The number of piperidine rings is 1. The SMILES string of the molecule is O=C(c1ccccc1-c1ccccc1)N1CCC[C@@H](c2nccn2CC2CC2)C1. The van der Waals surface area contributed by atoms with Crippen molar-refractivity contribution < 1.29 is 4.79 Å². The van der Waals surface area contributed by atoms with Gasteiger partial charge in [0.25, 0.3) is 5.91 Å². The lowest BCUT2D eigenvalue weighted by atomic mass is 9.94. The van der Waals surface area contributed by atoms with Gasteiger partial charge in [-0.25, -0.2) is 4.98 Å². The first kappa shape index (κ1) is 18.2. The molecule has 2 aromatic carbocycles. The molecule has 1 saturated carbocycles. The first-order valence-corrected chi connectivity index (χ1v) is 10.7. The molecule has 0 spiro atoms. The van der Waals surface area contributed by atoms with E-state index >= 15 is 0 Å². The molecule has 1 aromatic heterocycles. The summed E-state index contributed by atoms with van der Waals surface area (Å²) in [6.07, 6.45) is 8.83. The predicted molar refractivity (Wildman–Crippen MR) is 115 cm³/mol. The van der Waals surface area contributed by atoms with Crippen LogP contribution in [0, 0.1) is 5.92 Å². The minimum Gasteiger partial charge on any atom is -0.338 e. The molecule has 1 aliphatic carbocycles. The van der Waals surface area contributed by atoms with Gasteiger partial charge in [0, 0.05) is 43.5 Å². The number of hydrogen-bond acceptors (Lipinski definition) is 2. The number of carbonyl (C=O) groups excluding carboxylic acids is 1. The fraction of sp³-hybridized carbons (Fsp3) is 0.360. The van der Waals surface area contributed by atoms with Crippen molar-refractivity contribution in [2.24, 2.45) is 5.92 Å². The summed E-state index contributed by atoms with van der Waals surface area (Å²) in [4.78, 5) is 20.2. The molecule has 0 N–H and O–H groups in total. The largest absolute Gasteiger partial charge is 0.338 e. The molecule has 2 heterocycles. The Labute approximate surface area is 172 Å². The smallest absolute Gasteiger partial charge is 0.254 e. The highest BCUT2D eigenvalue weighted by Crippen LogP contribution is 2.33. The molecule has 1 saturated heterocycles. The highest BCUT2D eigenvalue weighted by atomic mass is 16.2. The number of aromatic nitrogens is 2. The van der Waals surface area contributed by atoms with Crippen LogP contribution in [0.3, 0.4) is 0 Å². The maximum Gasteiger partial charge on any atom is 0.254 e. The fourth-order valence-electron chi connectivity index (χ4n) is 4.50. The lowest BCUT2D eigenvalue weighted by Crippen LogP contribution is -2.40. The molecule has 4 heteroatoms. The van der Waals surface area contributed by atoms with Crippen LogP contribution in [0.15, 0.2) is 67.0 Å². The van der Waals surface area contributed by atoms with E-state index in [1.54, 1.807) is 0 Å². The predicted octanol–water partition coefficient (Wildman–Crippen LogP) is 4.98. The maximum atomic E-state index is 13.5. The summed E-state index contributed by atoms with van der Waals surface area (Å²) < 4.78 is 2.33. The van der Waals surface area contributed by atoms with Crippen molar-refractivity contribution in [3.63, 3.8) is 0 Å². The number of imidazole rings is 1. The van der Waals surface area contributed by atoms with E-state index < -0.39 is 0 Å². The Morgan fingerprint density at radius 2 is 1.79 bits per heavy atom. The van der Waals surface area contributed by atoms with Crippen LogP contribution in [0.2, 0.25) is 0 Å². The number of carbonyl (C=O) groups is 1. The summed E-state index contributed by atoms with van der Waals surface area (Å²) in [5.74, 6) is 2.44. The van der Waals surface area contributed by atoms with Crippen LogP contribution in [0.25, 0.3) is 11.1 Å². The molecule has 2 fully saturated rings. The Kier molecular flexibility index (Phi) is 4.92. The Bertz CT molecular complexity index is 990. The van der Waals surface area contributed by atoms with Crippen LogP contribution < -0.4 is 0 Å². The second kappa shape index (κ2) is 7.86. The summed E-state index contributed by atoms with van der Waals surface area (Å²) in [7, 11) is 0. The first-order valence-electron chi connectivity index (χ1n) is 10.7. The number of benzene rings is 2. The van der Waals surface area contributed by atoms with Crippen molar-refractivity contribution in [2.45, 2.75) is 38.1 Å². The Morgan fingerprint density at radius 1 is 1.00 bits per heavy atom. The van der Waals surface area contributed by atoms with E-state index in [0.29, 0.717) is 5.92 Å². The number of amides is 1. The molecule has 0 bridgehead atoms. The van der Waals surface area contributed by atoms with Crippen molar-refractivity contribution in [3.8, 4) is 11.1 Å². The van der Waals surface area contributed by atoms with E-state index in [1.807, 2.05) is 53.6 Å². The van der Waals surface area contributed by atoms with E-state index in [-0.39, 0.29) is 5.91 Å². The lowest BCUT2D eigenvalue weighted by molar-refractivity contribution is 0.0704. The van der Waals surface area contributed by atoms with E-state index in [0.717, 1.165) is 60.9 Å². The van der Waals surface area contributed by atoms with Crippen LogP contribution in [-0.2, 0) is 6.54 Å². The Balaban J connectivity index is 1.38. The molecule has 4 nitrogen and oxygen atoms in total. The van der Waals surface area contributed by atoms with E-state index in [2.05, 4.69) is 27.9 Å². The van der Waals surface area contributed by atoms with Gasteiger partial charge in [-0.1, -0.05) is 48.5 Å². The van der Waals surface area contributed by atoms with E-state index in [4.69, 9.17) is 0 Å². The van der Waals surface area contributed by atoms with Crippen LogP contribution in [0.1, 0.15) is 47.8 Å². The van der Waals surface area contributed by atoms with Gasteiger partial charge in [0.15, 0.2) is 0 Å². The standard InChI is InChI=1S/C25H27N3O/c29-25(23-11-5-4-10-22(23)20-7-2-1-3-8-20)28-15-6-9-21(18-28)24-26-14-16-27(24)17-19-12-13-19/h1-5,7-8,10-11,14,16,19,21H,6,9,12-13,15,17-18H2/t21-/m1/s1. The van der Waals surface area contributed by atoms with Gasteiger partial charge in [0.2, 0.25) is 0 Å². The second-order valence-electron chi connectivity index (χ2n) is 8.38. The highest BCUT2D eigenvalue weighted by Gasteiger charge is 2.30. The third-order valence-electron chi connectivity index (χ3n) is 6.22. The number of likely N-dealkylation sites (tertiary alicyclic amines) is 1. The van der Waals surface area contributed by atoms with Crippen LogP contribution in [0.5, 0.6) is 0 Å². The van der Waals surface area contributed by atoms with Crippen molar-refractivity contribution in [1.82, 2.24) is 14.5 Å². The average Bonchev–Trinajstić information content (AvgIpc) is 3.48. The van der Waals surface area contributed by atoms with Gasteiger partial charge in [-0.15, -0.1) is 0 Å². The Morgan fingerprint density at radius 3 is 2.62 bits per heavy atom. The third-order valence-corrected chi connectivity index (χ3v) is 6.22. The molecule has 1 aliphatic heterocycles. The molecule has 2 aliphatic rings. The molecule has 0 radical (unpaired) electrons. The molecular weight excluding hydrogens is 358 g/mol. The minimum atomic E-state index is 0.134. The van der Waals surface area contributed by atoms with Gasteiger partial charge in [0.1, 0.15) is 5.82 Å². The van der Waals surface area contributed by atoms with E-state index in [9.17, 15) is 4.79 Å². The number of rotatable bonds is 5. The molecule has 148 valence electrons. The van der Waals surface area contributed by atoms with Gasteiger partial charge >= 0.3 is 0 Å². The molecule has 1 atom stereocenters. The van der Waals surface area contributed by atoms with Crippen molar-refractivity contribution in [3.05, 3.63) is 78.4 Å². The van der Waals surface area contributed by atoms with Gasteiger partial charge in [0.05, 0.1) is 0 Å². The molecule has 5 rings (SSSR count). The molecule has 3 aromatic rings. The van der Waals surface area contributed by atoms with Gasteiger partial charge in [-0.3, -0.25) is 4.79 Å². The zero-order chi connectivity index (χ0) is 19.6. The molecular formula is C25H27N3O. The Hall–Kier alpha value is -2.88. The maximum absolute atomic E-state index is 13.5. The third kappa shape index (κ3) is 3.84. The first-order chi connectivity index (χ1) is 14.3. The quantitative estimate of drug-likeness (QED) is 0.621. The number of nitrogens with zero attached hydrogens (tertiary/aromatic N) is 3. The van der Waals surface area contributed by atoms with Gasteiger partial charge < -0.3 is 9.47 Å². The monoisotopic (exact) mass is 385 g/mol.